The highest BCUT2D eigenvalue weighted by Gasteiger charge is 2.22. The van der Waals surface area contributed by atoms with E-state index in [1.807, 2.05) is 0 Å². The van der Waals surface area contributed by atoms with E-state index in [1.54, 1.807) is 0 Å². The summed E-state index contributed by atoms with van der Waals surface area (Å²) in [6, 6.07) is 2.55. The molecule has 8 nitrogen and oxygen atoms in total. The number of non-ortho nitro benzene ring substituents is 1. The van der Waals surface area contributed by atoms with E-state index in [1.165, 1.54) is 26.5 Å². The van der Waals surface area contributed by atoms with Crippen LogP contribution < -0.4 is 14.2 Å². The van der Waals surface area contributed by atoms with E-state index in [0.717, 1.165) is 0 Å². The summed E-state index contributed by atoms with van der Waals surface area (Å²) in [7, 11) is 2.76. The van der Waals surface area contributed by atoms with Gasteiger partial charge in [-0.2, -0.15) is 0 Å². The highest BCUT2D eigenvalue weighted by molar-refractivity contribution is 6.32. The molecule has 0 aliphatic heterocycles. The Morgan fingerprint density at radius 3 is 2.33 bits per heavy atom. The third kappa shape index (κ3) is 3.38. The number of ether oxygens (including phenoxy) is 3. The Labute approximate surface area is 155 Å². The van der Waals surface area contributed by atoms with E-state index in [9.17, 15) is 18.9 Å². The minimum atomic E-state index is -1.27. The van der Waals surface area contributed by atoms with E-state index in [-0.39, 0.29) is 33.4 Å². The topological polar surface area (TPSA) is 96.6 Å². The monoisotopic (exact) mass is 397 g/mol. The van der Waals surface area contributed by atoms with Gasteiger partial charge < -0.3 is 14.2 Å². The lowest BCUT2D eigenvalue weighted by Crippen LogP contribution is -2.00. The maximum absolute atomic E-state index is 14.2. The average Bonchev–Trinajstić information content (AvgIpc) is 2.64. The van der Waals surface area contributed by atoms with Gasteiger partial charge in [-0.1, -0.05) is 11.6 Å². The molecule has 0 aliphatic rings. The van der Waals surface area contributed by atoms with E-state index >= 15 is 0 Å². The van der Waals surface area contributed by atoms with Gasteiger partial charge in [0.05, 0.1) is 43.0 Å². The maximum Gasteiger partial charge on any atom is 0.275 e. The number of aromatic nitrogens is 2. The lowest BCUT2D eigenvalue weighted by molar-refractivity contribution is -0.385. The van der Waals surface area contributed by atoms with Crippen molar-refractivity contribution in [1.82, 2.24) is 9.97 Å². The van der Waals surface area contributed by atoms with Crippen LogP contribution in [0.15, 0.2) is 24.4 Å². The largest absolute Gasteiger partial charge is 0.491 e. The number of halogens is 3. The number of nitro groups is 1. The van der Waals surface area contributed by atoms with Crippen molar-refractivity contribution in [3.63, 3.8) is 0 Å². The Kier molecular flexibility index (Phi) is 4.91. The molecule has 11 heteroatoms. The molecule has 1 aromatic carbocycles. The minimum absolute atomic E-state index is 0.0531. The molecule has 0 fully saturated rings. The highest BCUT2D eigenvalue weighted by atomic mass is 35.5. The van der Waals surface area contributed by atoms with Crippen LogP contribution in [0.2, 0.25) is 5.02 Å². The first-order chi connectivity index (χ1) is 12.8. The molecule has 0 aliphatic carbocycles. The van der Waals surface area contributed by atoms with Crippen LogP contribution in [0.4, 0.5) is 14.5 Å². The lowest BCUT2D eigenvalue weighted by Gasteiger charge is -2.13. The van der Waals surface area contributed by atoms with Crippen LogP contribution in [-0.4, -0.2) is 29.1 Å². The van der Waals surface area contributed by atoms with E-state index in [0.29, 0.717) is 12.1 Å². The molecule has 0 spiro atoms. The van der Waals surface area contributed by atoms with Crippen molar-refractivity contribution in [2.24, 2.45) is 0 Å². The number of pyridine rings is 2. The molecule has 0 atom stereocenters. The zero-order chi connectivity index (χ0) is 19.7. The van der Waals surface area contributed by atoms with Crippen LogP contribution in [0.3, 0.4) is 0 Å². The van der Waals surface area contributed by atoms with Gasteiger partial charge in [0.15, 0.2) is 28.9 Å². The SMILES string of the molecule is COc1cc2ncc(Cl)c(Oc3c(F)cc([N+](=O)[O-])cc3F)c2nc1OC. The molecule has 2 heterocycles. The zero-order valence-electron chi connectivity index (χ0n) is 13.8. The summed E-state index contributed by atoms with van der Waals surface area (Å²) >= 11 is 6.06. The van der Waals surface area contributed by atoms with Gasteiger partial charge in [0.1, 0.15) is 10.5 Å². The van der Waals surface area contributed by atoms with Gasteiger partial charge in [0.25, 0.3) is 11.6 Å². The van der Waals surface area contributed by atoms with Gasteiger partial charge in [-0.3, -0.25) is 15.1 Å². The second kappa shape index (κ2) is 7.16. The molecule has 2 aromatic heterocycles. The lowest BCUT2D eigenvalue weighted by atomic mass is 10.2. The van der Waals surface area contributed by atoms with Crippen molar-refractivity contribution >= 4 is 28.3 Å². The minimum Gasteiger partial charge on any atom is -0.491 e. The molecule has 0 unspecified atom stereocenters. The molecule has 0 saturated heterocycles. The van der Waals surface area contributed by atoms with Crippen LogP contribution in [0.5, 0.6) is 23.1 Å². The number of nitrogens with zero attached hydrogens (tertiary/aromatic N) is 3. The van der Waals surface area contributed by atoms with Crippen LogP contribution in [-0.2, 0) is 0 Å². The molecule has 140 valence electrons. The third-order valence-electron chi connectivity index (χ3n) is 3.49. The van der Waals surface area contributed by atoms with Crippen LogP contribution in [0, 0.1) is 21.7 Å². The summed E-state index contributed by atoms with van der Waals surface area (Å²) in [5, 5.41) is 10.6. The molecule has 3 aromatic rings. The number of methoxy groups -OCH3 is 2. The van der Waals surface area contributed by atoms with Crippen molar-refractivity contribution in [3.05, 3.63) is 51.2 Å². The summed E-state index contributed by atoms with van der Waals surface area (Å²) < 4.78 is 43.8. The number of rotatable bonds is 5. The van der Waals surface area contributed by atoms with Gasteiger partial charge in [-0.05, 0) is 0 Å². The first kappa shape index (κ1) is 18.5. The number of nitro benzene ring substituents is 1. The standard InChI is InChI=1S/C16H10ClF2N3O5/c1-25-12-5-11-13(21-16(12)26-2)14(8(17)6-20-11)27-15-9(18)3-7(22(23)24)4-10(15)19/h3-6H,1-2H3. The Balaban J connectivity index is 2.17. The Hall–Kier alpha value is -3.27. The van der Waals surface area contributed by atoms with Crippen LogP contribution in [0.25, 0.3) is 11.0 Å². The normalized spacial score (nSPS) is 10.7. The van der Waals surface area contributed by atoms with Crippen molar-refractivity contribution < 1.29 is 27.9 Å². The predicted octanol–water partition coefficient (Wildman–Crippen LogP) is 4.28. The van der Waals surface area contributed by atoms with Crippen molar-refractivity contribution in [2.45, 2.75) is 0 Å². The smallest absolute Gasteiger partial charge is 0.275 e. The fourth-order valence-corrected chi connectivity index (χ4v) is 2.45. The summed E-state index contributed by atoms with van der Waals surface area (Å²) in [5.41, 5.74) is -0.445. The summed E-state index contributed by atoms with van der Waals surface area (Å²) in [6.45, 7) is 0. The summed E-state index contributed by atoms with van der Waals surface area (Å²) in [4.78, 5) is 18.0. The van der Waals surface area contributed by atoms with Crippen molar-refractivity contribution in [1.29, 1.82) is 0 Å². The highest BCUT2D eigenvalue weighted by Crippen LogP contribution is 2.40. The van der Waals surface area contributed by atoms with Gasteiger partial charge in [-0.25, -0.2) is 13.8 Å². The molecular weight excluding hydrogens is 388 g/mol. The number of fused-ring (bicyclic) bond motifs is 1. The summed E-state index contributed by atoms with van der Waals surface area (Å²) in [6.07, 6.45) is 1.20. The van der Waals surface area contributed by atoms with Crippen LogP contribution in [0.1, 0.15) is 0 Å². The fourth-order valence-electron chi connectivity index (χ4n) is 2.27. The second-order valence-electron chi connectivity index (χ2n) is 5.10. The van der Waals surface area contributed by atoms with Gasteiger partial charge in [-0.15, -0.1) is 0 Å². The average molecular weight is 398 g/mol. The first-order valence-corrected chi connectivity index (χ1v) is 7.62. The fraction of sp³-hybridized carbons (Fsp3) is 0.125. The molecule has 27 heavy (non-hydrogen) atoms. The van der Waals surface area contributed by atoms with E-state index in [2.05, 4.69) is 9.97 Å². The zero-order valence-corrected chi connectivity index (χ0v) is 14.6. The van der Waals surface area contributed by atoms with Gasteiger partial charge >= 0.3 is 0 Å². The molecule has 0 bridgehead atoms. The summed E-state index contributed by atoms with van der Waals surface area (Å²) in [5.74, 6) is -3.27. The van der Waals surface area contributed by atoms with E-state index in [4.69, 9.17) is 25.8 Å². The van der Waals surface area contributed by atoms with Gasteiger partial charge in [0, 0.05) is 6.07 Å². The van der Waals surface area contributed by atoms with Crippen molar-refractivity contribution in [2.75, 3.05) is 14.2 Å². The molecular formula is C16H10ClF2N3O5. The maximum atomic E-state index is 14.2. The Morgan fingerprint density at radius 2 is 1.78 bits per heavy atom. The van der Waals surface area contributed by atoms with Crippen molar-refractivity contribution in [3.8, 4) is 23.1 Å². The first-order valence-electron chi connectivity index (χ1n) is 7.24. The molecule has 0 amide bonds. The molecule has 0 radical (unpaired) electrons. The van der Waals surface area contributed by atoms with E-state index < -0.39 is 28.0 Å². The molecule has 0 N–H and O–H groups in total. The van der Waals surface area contributed by atoms with Gasteiger partial charge in [0.2, 0.25) is 0 Å². The predicted molar refractivity (Wildman–Crippen MR) is 90.7 cm³/mol. The Bertz CT molecular complexity index is 1040. The molecule has 3 rings (SSSR count). The molecule has 0 saturated carbocycles. The second-order valence-corrected chi connectivity index (χ2v) is 5.51. The number of benzene rings is 1. The third-order valence-corrected chi connectivity index (χ3v) is 3.76. The van der Waals surface area contributed by atoms with Crippen LogP contribution >= 0.6 is 11.6 Å². The number of hydrogen-bond acceptors (Lipinski definition) is 7. The Morgan fingerprint density at radius 1 is 1.11 bits per heavy atom. The number of hydrogen-bond donors (Lipinski definition) is 0. The quantitative estimate of drug-likeness (QED) is 0.468.